The molecule has 8 heteroatoms. The number of rotatable bonds is 12. The topological polar surface area (TPSA) is 67.8 Å². The number of benzene rings is 1. The van der Waals surface area contributed by atoms with Gasteiger partial charge in [-0.1, -0.05) is 12.1 Å². The Bertz CT molecular complexity index is 682. The number of aliphatic imine (C=N–C) groups is 1. The van der Waals surface area contributed by atoms with E-state index < -0.39 is 0 Å². The molecular weight excluding hydrogens is 408 g/mol. The molecule has 0 bridgehead atoms. The Balaban J connectivity index is 1.46. The molecule has 1 atom stereocenters. The average molecular weight is 449 g/mol. The van der Waals surface area contributed by atoms with Crippen LogP contribution in [0, 0.1) is 5.92 Å². The number of methoxy groups -OCH3 is 1. The van der Waals surface area contributed by atoms with Crippen LogP contribution in [0.15, 0.2) is 29.3 Å². The maximum atomic E-state index is 5.99. The Kier molecular flexibility index (Phi) is 11.1. The Morgan fingerprint density at radius 1 is 1.19 bits per heavy atom. The van der Waals surface area contributed by atoms with Gasteiger partial charge in [0.2, 0.25) is 0 Å². The van der Waals surface area contributed by atoms with Crippen molar-refractivity contribution in [1.29, 1.82) is 0 Å². The maximum absolute atomic E-state index is 5.99. The van der Waals surface area contributed by atoms with E-state index in [2.05, 4.69) is 34.2 Å². The van der Waals surface area contributed by atoms with E-state index in [-0.39, 0.29) is 0 Å². The summed E-state index contributed by atoms with van der Waals surface area (Å²) in [6, 6.07) is 8.28. The summed E-state index contributed by atoms with van der Waals surface area (Å²) in [6.45, 7) is 12.9. The van der Waals surface area contributed by atoms with Gasteiger partial charge in [0.05, 0.1) is 39.6 Å². The molecule has 0 aromatic heterocycles. The highest BCUT2D eigenvalue weighted by Gasteiger charge is 2.25. The van der Waals surface area contributed by atoms with Crippen molar-refractivity contribution in [2.75, 3.05) is 86.0 Å². The third-order valence-corrected chi connectivity index (χ3v) is 5.80. The van der Waals surface area contributed by atoms with Gasteiger partial charge in [0.25, 0.3) is 0 Å². The minimum atomic E-state index is 0.541. The van der Waals surface area contributed by atoms with Crippen molar-refractivity contribution >= 4 is 5.96 Å². The summed E-state index contributed by atoms with van der Waals surface area (Å²) >= 11 is 0. The van der Waals surface area contributed by atoms with Crippen molar-refractivity contribution in [1.82, 2.24) is 15.1 Å². The fraction of sp³-hybridized carbons (Fsp3) is 0.708. The molecule has 1 aromatic rings. The van der Waals surface area contributed by atoms with Gasteiger partial charge in [0.15, 0.2) is 5.96 Å². The fourth-order valence-electron chi connectivity index (χ4n) is 4.00. The summed E-state index contributed by atoms with van der Waals surface area (Å²) < 4.78 is 22.2. The molecule has 1 unspecified atom stereocenters. The molecule has 180 valence electrons. The largest absolute Gasteiger partial charge is 0.492 e. The van der Waals surface area contributed by atoms with Crippen LogP contribution in [-0.2, 0) is 20.8 Å². The van der Waals surface area contributed by atoms with Crippen LogP contribution in [0.25, 0.3) is 0 Å². The van der Waals surface area contributed by atoms with E-state index in [0.717, 1.165) is 82.8 Å². The number of morpholine rings is 1. The maximum Gasteiger partial charge on any atom is 0.194 e. The van der Waals surface area contributed by atoms with Crippen molar-refractivity contribution in [3.63, 3.8) is 0 Å². The number of hydrogen-bond acceptors (Lipinski definition) is 6. The van der Waals surface area contributed by atoms with Crippen LogP contribution in [0.3, 0.4) is 0 Å². The van der Waals surface area contributed by atoms with Crippen LogP contribution in [0.4, 0.5) is 0 Å². The number of nitrogens with one attached hydrogen (secondary N) is 1. The highest BCUT2D eigenvalue weighted by atomic mass is 16.5. The van der Waals surface area contributed by atoms with Gasteiger partial charge < -0.3 is 29.2 Å². The molecule has 2 aliphatic rings. The van der Waals surface area contributed by atoms with Crippen molar-refractivity contribution in [2.24, 2.45) is 10.9 Å². The molecule has 0 radical (unpaired) electrons. The lowest BCUT2D eigenvalue weighted by atomic mass is 10.1. The van der Waals surface area contributed by atoms with Gasteiger partial charge in [0.1, 0.15) is 12.4 Å². The van der Waals surface area contributed by atoms with Crippen LogP contribution in [0.1, 0.15) is 18.9 Å². The Labute approximate surface area is 192 Å². The van der Waals surface area contributed by atoms with Crippen LogP contribution in [0.5, 0.6) is 5.75 Å². The van der Waals surface area contributed by atoms with E-state index in [4.69, 9.17) is 23.9 Å². The Morgan fingerprint density at radius 2 is 2.06 bits per heavy atom. The smallest absolute Gasteiger partial charge is 0.194 e. The molecule has 0 saturated carbocycles. The van der Waals surface area contributed by atoms with E-state index in [1.807, 2.05) is 12.1 Å². The van der Waals surface area contributed by atoms with Crippen LogP contribution in [-0.4, -0.2) is 102 Å². The molecule has 2 aliphatic heterocycles. The van der Waals surface area contributed by atoms with Crippen molar-refractivity contribution < 1.29 is 18.9 Å². The van der Waals surface area contributed by atoms with E-state index in [1.165, 1.54) is 0 Å². The number of ether oxygens (including phenoxy) is 4. The molecule has 1 aromatic carbocycles. The van der Waals surface area contributed by atoms with Crippen molar-refractivity contribution in [2.45, 2.75) is 19.9 Å². The predicted molar refractivity (Wildman–Crippen MR) is 126 cm³/mol. The van der Waals surface area contributed by atoms with Crippen molar-refractivity contribution in [3.05, 3.63) is 29.8 Å². The molecule has 0 spiro atoms. The summed E-state index contributed by atoms with van der Waals surface area (Å²) in [5, 5.41) is 3.45. The summed E-state index contributed by atoms with van der Waals surface area (Å²) in [6.07, 6.45) is 1.13. The summed E-state index contributed by atoms with van der Waals surface area (Å²) in [4.78, 5) is 9.62. The third-order valence-electron chi connectivity index (χ3n) is 5.80. The zero-order valence-electron chi connectivity index (χ0n) is 19.8. The Morgan fingerprint density at radius 3 is 2.88 bits per heavy atom. The summed E-state index contributed by atoms with van der Waals surface area (Å²) in [5.74, 6) is 2.43. The van der Waals surface area contributed by atoms with Gasteiger partial charge in [-0.2, -0.15) is 0 Å². The normalized spacial score (nSPS) is 20.0. The van der Waals surface area contributed by atoms with Gasteiger partial charge in [-0.05, 0) is 31.0 Å². The molecule has 32 heavy (non-hydrogen) atoms. The fourth-order valence-corrected chi connectivity index (χ4v) is 4.00. The summed E-state index contributed by atoms with van der Waals surface area (Å²) in [7, 11) is 1.70. The lowest BCUT2D eigenvalue weighted by molar-refractivity contribution is 0.0322. The standard InChI is InChI=1S/C24H40N4O4/c1-3-25-24(28-8-7-22(19-28)20-31-16-15-29-2)26-18-21-5-4-6-23(17-21)32-14-11-27-9-12-30-13-10-27/h4-6,17,22H,3,7-16,18-20H2,1-2H3,(H,25,26). The van der Waals surface area contributed by atoms with Gasteiger partial charge in [-0.25, -0.2) is 4.99 Å². The molecular formula is C24H40N4O4. The second-order valence-corrected chi connectivity index (χ2v) is 8.29. The monoisotopic (exact) mass is 448 g/mol. The molecule has 0 aliphatic carbocycles. The predicted octanol–water partition coefficient (Wildman–Crippen LogP) is 1.85. The van der Waals surface area contributed by atoms with Crippen LogP contribution >= 0.6 is 0 Å². The number of nitrogens with zero attached hydrogens (tertiary/aromatic N) is 3. The van der Waals surface area contributed by atoms with Gasteiger partial charge >= 0.3 is 0 Å². The second-order valence-electron chi connectivity index (χ2n) is 8.29. The lowest BCUT2D eigenvalue weighted by Gasteiger charge is -2.26. The highest BCUT2D eigenvalue weighted by molar-refractivity contribution is 5.80. The SMILES string of the molecule is CCNC(=NCc1cccc(OCCN2CCOCC2)c1)N1CCC(COCCOC)C1. The highest BCUT2D eigenvalue weighted by Crippen LogP contribution is 2.18. The van der Waals surface area contributed by atoms with Gasteiger partial charge in [-0.15, -0.1) is 0 Å². The lowest BCUT2D eigenvalue weighted by Crippen LogP contribution is -2.40. The van der Waals surface area contributed by atoms with E-state index in [9.17, 15) is 0 Å². The molecule has 8 nitrogen and oxygen atoms in total. The molecule has 0 amide bonds. The van der Waals surface area contributed by atoms with E-state index in [0.29, 0.717) is 32.3 Å². The van der Waals surface area contributed by atoms with E-state index >= 15 is 0 Å². The zero-order chi connectivity index (χ0) is 22.4. The summed E-state index contributed by atoms with van der Waals surface area (Å²) in [5.41, 5.74) is 1.16. The minimum Gasteiger partial charge on any atom is -0.492 e. The quantitative estimate of drug-likeness (QED) is 0.297. The van der Waals surface area contributed by atoms with Crippen LogP contribution in [0.2, 0.25) is 0 Å². The molecule has 2 heterocycles. The first-order valence-electron chi connectivity index (χ1n) is 11.9. The molecule has 2 fully saturated rings. The van der Waals surface area contributed by atoms with Gasteiger partial charge in [-0.3, -0.25) is 4.90 Å². The van der Waals surface area contributed by atoms with E-state index in [1.54, 1.807) is 7.11 Å². The number of hydrogen-bond donors (Lipinski definition) is 1. The molecule has 3 rings (SSSR count). The molecule has 1 N–H and O–H groups in total. The van der Waals surface area contributed by atoms with Gasteiger partial charge in [0, 0.05) is 52.3 Å². The number of guanidine groups is 1. The first kappa shape index (κ1) is 24.8. The minimum absolute atomic E-state index is 0.541. The molecule has 2 saturated heterocycles. The third kappa shape index (κ3) is 8.58. The Hall–Kier alpha value is -1.87. The van der Waals surface area contributed by atoms with Crippen molar-refractivity contribution in [3.8, 4) is 5.75 Å². The first-order chi connectivity index (χ1) is 15.8. The average Bonchev–Trinajstić information content (AvgIpc) is 3.29. The second kappa shape index (κ2) is 14.3. The first-order valence-corrected chi connectivity index (χ1v) is 11.9. The van der Waals surface area contributed by atoms with Crippen LogP contribution < -0.4 is 10.1 Å². The zero-order valence-corrected chi connectivity index (χ0v) is 19.8. The number of likely N-dealkylation sites (tertiary alicyclic amines) is 1.